The van der Waals surface area contributed by atoms with Crippen LogP contribution in [0.4, 0.5) is 5.69 Å². The van der Waals surface area contributed by atoms with Crippen LogP contribution in [0.3, 0.4) is 0 Å². The Morgan fingerprint density at radius 1 is 1.53 bits per heavy atom. The molecular weight excluding hydrogens is 190 g/mol. The normalized spacial score (nSPS) is 19.3. The smallest absolute Gasteiger partial charge is 0.224 e. The summed E-state index contributed by atoms with van der Waals surface area (Å²) in [7, 11) is 0. The highest BCUT2D eigenvalue weighted by Crippen LogP contribution is 2.33. The van der Waals surface area contributed by atoms with Crippen molar-refractivity contribution in [3.63, 3.8) is 0 Å². The summed E-state index contributed by atoms with van der Waals surface area (Å²) in [6.45, 7) is 4.31. The minimum atomic E-state index is 0.0733. The van der Waals surface area contributed by atoms with Crippen molar-refractivity contribution in [2.75, 3.05) is 11.4 Å². The maximum atomic E-state index is 11.5. The van der Waals surface area contributed by atoms with Gasteiger partial charge in [0.25, 0.3) is 0 Å². The quantitative estimate of drug-likeness (QED) is 0.703. The SMILES string of the molecule is CCC1CN(C(C)=O)c2ccccc2O1. The Bertz CT molecular complexity index is 376. The van der Waals surface area contributed by atoms with Crippen molar-refractivity contribution < 1.29 is 9.53 Å². The number of benzene rings is 1. The molecule has 1 amide bonds. The van der Waals surface area contributed by atoms with Gasteiger partial charge in [0.15, 0.2) is 0 Å². The fourth-order valence-electron chi connectivity index (χ4n) is 1.81. The average molecular weight is 205 g/mol. The van der Waals surface area contributed by atoms with Crippen LogP contribution in [0.1, 0.15) is 20.3 Å². The maximum Gasteiger partial charge on any atom is 0.224 e. The molecule has 15 heavy (non-hydrogen) atoms. The number of hydrogen-bond donors (Lipinski definition) is 0. The summed E-state index contributed by atoms with van der Waals surface area (Å²) in [5.41, 5.74) is 0.884. The van der Waals surface area contributed by atoms with E-state index >= 15 is 0 Å². The van der Waals surface area contributed by atoms with Crippen molar-refractivity contribution in [1.29, 1.82) is 0 Å². The molecule has 0 saturated heterocycles. The van der Waals surface area contributed by atoms with Crippen LogP contribution in [0.25, 0.3) is 0 Å². The van der Waals surface area contributed by atoms with E-state index in [1.54, 1.807) is 11.8 Å². The molecule has 3 heteroatoms. The number of amides is 1. The van der Waals surface area contributed by atoms with E-state index < -0.39 is 0 Å². The van der Waals surface area contributed by atoms with Crippen LogP contribution in [0.5, 0.6) is 5.75 Å². The number of anilines is 1. The predicted molar refractivity (Wildman–Crippen MR) is 59.2 cm³/mol. The van der Waals surface area contributed by atoms with Gasteiger partial charge in [-0.25, -0.2) is 0 Å². The third kappa shape index (κ3) is 1.82. The molecule has 0 aromatic heterocycles. The van der Waals surface area contributed by atoms with Gasteiger partial charge in [0, 0.05) is 6.92 Å². The fraction of sp³-hybridized carbons (Fsp3) is 0.417. The van der Waals surface area contributed by atoms with E-state index in [9.17, 15) is 4.79 Å². The van der Waals surface area contributed by atoms with Gasteiger partial charge in [-0.05, 0) is 18.6 Å². The number of para-hydroxylation sites is 2. The molecule has 0 aliphatic carbocycles. The molecule has 0 spiro atoms. The van der Waals surface area contributed by atoms with Crippen LogP contribution >= 0.6 is 0 Å². The summed E-state index contributed by atoms with van der Waals surface area (Å²) in [4.78, 5) is 13.3. The Labute approximate surface area is 89.7 Å². The van der Waals surface area contributed by atoms with Gasteiger partial charge in [-0.1, -0.05) is 19.1 Å². The zero-order valence-corrected chi connectivity index (χ0v) is 9.06. The molecule has 2 rings (SSSR count). The van der Waals surface area contributed by atoms with Gasteiger partial charge in [0.2, 0.25) is 5.91 Å². The highest BCUT2D eigenvalue weighted by molar-refractivity contribution is 5.93. The van der Waals surface area contributed by atoms with Crippen molar-refractivity contribution >= 4 is 11.6 Å². The summed E-state index contributed by atoms with van der Waals surface area (Å²) in [6, 6.07) is 7.68. The molecule has 1 aromatic carbocycles. The second kappa shape index (κ2) is 3.93. The number of nitrogens with zero attached hydrogens (tertiary/aromatic N) is 1. The van der Waals surface area contributed by atoms with Crippen molar-refractivity contribution in [1.82, 2.24) is 0 Å². The van der Waals surface area contributed by atoms with Gasteiger partial charge in [0.1, 0.15) is 11.9 Å². The highest BCUT2D eigenvalue weighted by atomic mass is 16.5. The zero-order chi connectivity index (χ0) is 10.8. The maximum absolute atomic E-state index is 11.5. The summed E-state index contributed by atoms with van der Waals surface area (Å²) >= 11 is 0. The topological polar surface area (TPSA) is 29.5 Å². The Morgan fingerprint density at radius 2 is 2.27 bits per heavy atom. The van der Waals surface area contributed by atoms with Crippen LogP contribution in [0.2, 0.25) is 0 Å². The van der Waals surface area contributed by atoms with Gasteiger partial charge in [-0.3, -0.25) is 4.79 Å². The molecule has 1 aliphatic rings. The predicted octanol–water partition coefficient (Wildman–Crippen LogP) is 2.21. The molecule has 0 saturated carbocycles. The number of ether oxygens (including phenoxy) is 1. The summed E-state index contributed by atoms with van der Waals surface area (Å²) in [6.07, 6.45) is 1.03. The van der Waals surface area contributed by atoms with Gasteiger partial charge in [-0.15, -0.1) is 0 Å². The number of fused-ring (bicyclic) bond motifs is 1. The van der Waals surface area contributed by atoms with E-state index in [2.05, 4.69) is 6.92 Å². The Morgan fingerprint density at radius 3 is 2.93 bits per heavy atom. The first-order chi connectivity index (χ1) is 7.22. The minimum Gasteiger partial charge on any atom is -0.486 e. The van der Waals surface area contributed by atoms with E-state index in [1.165, 1.54) is 0 Å². The van der Waals surface area contributed by atoms with Crippen LogP contribution in [-0.4, -0.2) is 18.6 Å². The molecule has 3 nitrogen and oxygen atoms in total. The van der Waals surface area contributed by atoms with Crippen LogP contribution in [0, 0.1) is 0 Å². The summed E-state index contributed by atoms with van der Waals surface area (Å²) in [5, 5.41) is 0. The Kier molecular flexibility index (Phi) is 2.62. The minimum absolute atomic E-state index is 0.0733. The number of carbonyl (C=O) groups is 1. The Hall–Kier alpha value is -1.51. The van der Waals surface area contributed by atoms with E-state index in [0.29, 0.717) is 6.54 Å². The third-order valence-electron chi connectivity index (χ3n) is 2.67. The third-order valence-corrected chi connectivity index (χ3v) is 2.67. The van der Waals surface area contributed by atoms with E-state index in [4.69, 9.17) is 4.74 Å². The molecule has 1 aromatic rings. The summed E-state index contributed by atoms with van der Waals surface area (Å²) < 4.78 is 5.77. The van der Waals surface area contributed by atoms with Gasteiger partial charge in [-0.2, -0.15) is 0 Å². The lowest BCUT2D eigenvalue weighted by molar-refractivity contribution is -0.117. The number of rotatable bonds is 1. The van der Waals surface area contributed by atoms with Crippen molar-refractivity contribution in [2.45, 2.75) is 26.4 Å². The fourth-order valence-corrected chi connectivity index (χ4v) is 1.81. The lowest BCUT2D eigenvalue weighted by Gasteiger charge is -2.33. The van der Waals surface area contributed by atoms with Crippen molar-refractivity contribution in [3.8, 4) is 5.75 Å². The standard InChI is InChI=1S/C12H15NO2/c1-3-10-8-13(9(2)14)11-6-4-5-7-12(11)15-10/h4-7,10H,3,8H2,1-2H3. The van der Waals surface area contributed by atoms with E-state index in [0.717, 1.165) is 17.9 Å². The second-order valence-corrected chi connectivity index (χ2v) is 3.75. The molecule has 0 radical (unpaired) electrons. The highest BCUT2D eigenvalue weighted by Gasteiger charge is 2.26. The van der Waals surface area contributed by atoms with Gasteiger partial charge >= 0.3 is 0 Å². The van der Waals surface area contributed by atoms with Gasteiger partial charge < -0.3 is 9.64 Å². The van der Waals surface area contributed by atoms with E-state index in [1.807, 2.05) is 24.3 Å². The number of hydrogen-bond acceptors (Lipinski definition) is 2. The molecular formula is C12H15NO2. The number of carbonyl (C=O) groups excluding carboxylic acids is 1. The molecule has 0 bridgehead atoms. The van der Waals surface area contributed by atoms with E-state index in [-0.39, 0.29) is 12.0 Å². The van der Waals surface area contributed by atoms with Crippen molar-refractivity contribution in [3.05, 3.63) is 24.3 Å². The van der Waals surface area contributed by atoms with Crippen LogP contribution in [-0.2, 0) is 4.79 Å². The first-order valence-electron chi connectivity index (χ1n) is 5.26. The molecule has 0 fully saturated rings. The Balaban J connectivity index is 2.38. The van der Waals surface area contributed by atoms with Crippen LogP contribution in [0.15, 0.2) is 24.3 Å². The van der Waals surface area contributed by atoms with Crippen LogP contribution < -0.4 is 9.64 Å². The molecule has 1 aliphatic heterocycles. The molecule has 0 N–H and O–H groups in total. The lowest BCUT2D eigenvalue weighted by Crippen LogP contribution is -2.42. The molecule has 1 atom stereocenters. The average Bonchev–Trinajstić information content (AvgIpc) is 2.27. The first kappa shape index (κ1) is 10.0. The lowest BCUT2D eigenvalue weighted by atomic mass is 10.1. The second-order valence-electron chi connectivity index (χ2n) is 3.75. The monoisotopic (exact) mass is 205 g/mol. The molecule has 80 valence electrons. The molecule has 1 heterocycles. The van der Waals surface area contributed by atoms with Crippen molar-refractivity contribution in [2.24, 2.45) is 0 Å². The largest absolute Gasteiger partial charge is 0.486 e. The first-order valence-corrected chi connectivity index (χ1v) is 5.26. The van der Waals surface area contributed by atoms with Gasteiger partial charge in [0.05, 0.1) is 12.2 Å². The summed E-state index contributed by atoms with van der Waals surface area (Å²) in [5.74, 6) is 0.884. The zero-order valence-electron chi connectivity index (χ0n) is 9.06. The molecule has 1 unspecified atom stereocenters.